The van der Waals surface area contributed by atoms with Crippen molar-refractivity contribution in [2.24, 2.45) is 5.41 Å². The van der Waals surface area contributed by atoms with Gasteiger partial charge < -0.3 is 0 Å². The maximum atomic E-state index is 10.5. The van der Waals surface area contributed by atoms with Crippen LogP contribution in [0, 0.1) is 15.5 Å². The molecule has 1 saturated carbocycles. The SMILES string of the molecule is O=[N+]([O-])c1cnn(CC2(CS)CCC2)c1. The maximum Gasteiger partial charge on any atom is 0.306 e. The molecule has 0 spiro atoms. The zero-order chi connectivity index (χ0) is 10.9. The molecule has 0 amide bonds. The Morgan fingerprint density at radius 3 is 2.80 bits per heavy atom. The number of hydrogen-bond acceptors (Lipinski definition) is 4. The molecule has 0 aliphatic heterocycles. The van der Waals surface area contributed by atoms with E-state index in [4.69, 9.17) is 0 Å². The fourth-order valence-corrected chi connectivity index (χ4v) is 2.34. The zero-order valence-electron chi connectivity index (χ0n) is 8.30. The van der Waals surface area contributed by atoms with Crippen LogP contribution in [0.1, 0.15) is 19.3 Å². The molecule has 1 aromatic heterocycles. The molecule has 0 saturated heterocycles. The van der Waals surface area contributed by atoms with Crippen LogP contribution < -0.4 is 0 Å². The lowest BCUT2D eigenvalue weighted by molar-refractivity contribution is -0.385. The number of aromatic nitrogens is 2. The molecule has 0 unspecified atom stereocenters. The molecule has 0 radical (unpaired) electrons. The second kappa shape index (κ2) is 3.84. The summed E-state index contributed by atoms with van der Waals surface area (Å²) in [4.78, 5) is 10.1. The van der Waals surface area contributed by atoms with E-state index in [2.05, 4.69) is 17.7 Å². The molecule has 0 N–H and O–H groups in total. The predicted octanol–water partition coefficient (Wildman–Crippen LogP) is 1.89. The fourth-order valence-electron chi connectivity index (χ4n) is 1.92. The largest absolute Gasteiger partial charge is 0.306 e. The second-order valence-electron chi connectivity index (χ2n) is 4.16. The smallest absolute Gasteiger partial charge is 0.265 e. The maximum absolute atomic E-state index is 10.5. The fraction of sp³-hybridized carbons (Fsp3) is 0.667. The van der Waals surface area contributed by atoms with E-state index in [0.29, 0.717) is 0 Å². The molecule has 1 fully saturated rings. The molecular weight excluding hydrogens is 214 g/mol. The third-order valence-electron chi connectivity index (χ3n) is 3.08. The monoisotopic (exact) mass is 227 g/mol. The molecule has 5 nitrogen and oxygen atoms in total. The summed E-state index contributed by atoms with van der Waals surface area (Å²) in [6.07, 6.45) is 6.30. The van der Waals surface area contributed by atoms with E-state index in [9.17, 15) is 10.1 Å². The van der Waals surface area contributed by atoms with E-state index < -0.39 is 4.92 Å². The highest BCUT2D eigenvalue weighted by atomic mass is 32.1. The average Bonchev–Trinajstić information content (AvgIpc) is 2.59. The topological polar surface area (TPSA) is 61.0 Å². The lowest BCUT2D eigenvalue weighted by atomic mass is 9.70. The first-order chi connectivity index (χ1) is 7.15. The van der Waals surface area contributed by atoms with Gasteiger partial charge in [0, 0.05) is 6.54 Å². The molecule has 1 aliphatic carbocycles. The first-order valence-corrected chi connectivity index (χ1v) is 5.56. The van der Waals surface area contributed by atoms with Crippen LogP contribution in [0.25, 0.3) is 0 Å². The van der Waals surface area contributed by atoms with Crippen LogP contribution in [-0.4, -0.2) is 20.5 Å². The van der Waals surface area contributed by atoms with E-state index in [-0.39, 0.29) is 11.1 Å². The molecule has 1 aliphatic rings. The standard InChI is InChI=1S/C9H13N3O2S/c13-12(14)8-4-10-11(5-8)6-9(7-15)2-1-3-9/h4-5,15H,1-3,6-7H2. The lowest BCUT2D eigenvalue weighted by Gasteiger charge is -2.40. The normalized spacial score (nSPS) is 18.5. The van der Waals surface area contributed by atoms with Gasteiger partial charge in [-0.05, 0) is 24.0 Å². The number of thiol groups is 1. The zero-order valence-corrected chi connectivity index (χ0v) is 9.19. The third-order valence-corrected chi connectivity index (χ3v) is 3.75. The van der Waals surface area contributed by atoms with E-state index in [0.717, 1.165) is 25.1 Å². The number of hydrogen-bond donors (Lipinski definition) is 1. The molecule has 15 heavy (non-hydrogen) atoms. The highest BCUT2D eigenvalue weighted by molar-refractivity contribution is 7.80. The van der Waals surface area contributed by atoms with Gasteiger partial charge >= 0.3 is 5.69 Å². The van der Waals surface area contributed by atoms with Crippen molar-refractivity contribution in [2.45, 2.75) is 25.8 Å². The van der Waals surface area contributed by atoms with Crippen molar-refractivity contribution in [1.82, 2.24) is 9.78 Å². The highest BCUT2D eigenvalue weighted by Gasteiger charge is 2.36. The lowest BCUT2D eigenvalue weighted by Crippen LogP contribution is -2.36. The summed E-state index contributed by atoms with van der Waals surface area (Å²) in [6, 6.07) is 0. The van der Waals surface area contributed by atoms with Crippen molar-refractivity contribution in [3.63, 3.8) is 0 Å². The predicted molar refractivity (Wildman–Crippen MR) is 59.0 cm³/mol. The van der Waals surface area contributed by atoms with Gasteiger partial charge in [0.2, 0.25) is 0 Å². The molecule has 0 atom stereocenters. The van der Waals surface area contributed by atoms with Gasteiger partial charge in [0.1, 0.15) is 12.4 Å². The third kappa shape index (κ3) is 1.99. The quantitative estimate of drug-likeness (QED) is 0.485. The molecular formula is C9H13N3O2S. The van der Waals surface area contributed by atoms with Crippen molar-refractivity contribution >= 4 is 18.3 Å². The summed E-state index contributed by atoms with van der Waals surface area (Å²) in [5, 5.41) is 14.5. The van der Waals surface area contributed by atoms with Crippen LogP contribution in [-0.2, 0) is 6.54 Å². The van der Waals surface area contributed by atoms with Gasteiger partial charge in [0.15, 0.2) is 0 Å². The van der Waals surface area contributed by atoms with Crippen LogP contribution in [0.4, 0.5) is 5.69 Å². The van der Waals surface area contributed by atoms with Gasteiger partial charge in [0.25, 0.3) is 0 Å². The van der Waals surface area contributed by atoms with Crippen LogP contribution in [0.2, 0.25) is 0 Å². The summed E-state index contributed by atoms with van der Waals surface area (Å²) in [5.41, 5.74) is 0.270. The van der Waals surface area contributed by atoms with Gasteiger partial charge in [-0.3, -0.25) is 14.8 Å². The van der Waals surface area contributed by atoms with Crippen molar-refractivity contribution in [3.8, 4) is 0 Å². The van der Waals surface area contributed by atoms with Gasteiger partial charge in [-0.25, -0.2) is 0 Å². The van der Waals surface area contributed by atoms with Crippen LogP contribution in [0.5, 0.6) is 0 Å². The first-order valence-electron chi connectivity index (χ1n) is 4.93. The van der Waals surface area contributed by atoms with Crippen molar-refractivity contribution in [3.05, 3.63) is 22.5 Å². The summed E-state index contributed by atoms with van der Waals surface area (Å²) >= 11 is 4.34. The molecule has 0 aromatic carbocycles. The van der Waals surface area contributed by atoms with E-state index in [1.807, 2.05) is 0 Å². The van der Waals surface area contributed by atoms with Crippen molar-refractivity contribution in [2.75, 3.05) is 5.75 Å². The first kappa shape index (κ1) is 10.5. The highest BCUT2D eigenvalue weighted by Crippen LogP contribution is 2.43. The Morgan fingerprint density at radius 1 is 1.67 bits per heavy atom. The molecule has 0 bridgehead atoms. The van der Waals surface area contributed by atoms with E-state index in [1.54, 1.807) is 4.68 Å². The summed E-state index contributed by atoms with van der Waals surface area (Å²) in [7, 11) is 0. The Labute approximate surface area is 93.0 Å². The Morgan fingerprint density at radius 2 is 2.40 bits per heavy atom. The van der Waals surface area contributed by atoms with Gasteiger partial charge in [0.05, 0.1) is 4.92 Å². The molecule has 6 heteroatoms. The minimum Gasteiger partial charge on any atom is -0.265 e. The number of rotatable bonds is 4. The van der Waals surface area contributed by atoms with Crippen LogP contribution in [0.3, 0.4) is 0 Å². The van der Waals surface area contributed by atoms with Gasteiger partial charge in [-0.15, -0.1) is 0 Å². The summed E-state index contributed by atoms with van der Waals surface area (Å²) in [6.45, 7) is 0.740. The van der Waals surface area contributed by atoms with Crippen molar-refractivity contribution < 1.29 is 4.92 Å². The molecule has 82 valence electrons. The van der Waals surface area contributed by atoms with E-state index in [1.165, 1.54) is 18.8 Å². The Hall–Kier alpha value is -1.04. The number of nitrogens with zero attached hydrogens (tertiary/aromatic N) is 3. The average molecular weight is 227 g/mol. The molecule has 1 aromatic rings. The summed E-state index contributed by atoms with van der Waals surface area (Å²) in [5.74, 6) is 0.820. The second-order valence-corrected chi connectivity index (χ2v) is 4.48. The van der Waals surface area contributed by atoms with Crippen LogP contribution >= 0.6 is 12.6 Å². The van der Waals surface area contributed by atoms with Crippen molar-refractivity contribution in [1.29, 1.82) is 0 Å². The minimum absolute atomic E-state index is 0.0589. The Kier molecular flexibility index (Phi) is 2.68. The Bertz CT molecular complexity index is 368. The number of nitro groups is 1. The Balaban J connectivity index is 2.07. The van der Waals surface area contributed by atoms with Crippen LogP contribution in [0.15, 0.2) is 12.4 Å². The van der Waals surface area contributed by atoms with E-state index >= 15 is 0 Å². The minimum atomic E-state index is -0.419. The molecule has 2 rings (SSSR count). The van der Waals surface area contributed by atoms with Gasteiger partial charge in [-0.1, -0.05) is 6.42 Å². The summed E-state index contributed by atoms with van der Waals surface area (Å²) < 4.78 is 1.66. The molecule has 1 heterocycles. The van der Waals surface area contributed by atoms with Gasteiger partial charge in [-0.2, -0.15) is 17.7 Å².